The van der Waals surface area contributed by atoms with Gasteiger partial charge in [-0.2, -0.15) is 0 Å². The lowest BCUT2D eigenvalue weighted by Gasteiger charge is -2.08. The van der Waals surface area contributed by atoms with Crippen molar-refractivity contribution in [1.82, 2.24) is 0 Å². The molecule has 18 heavy (non-hydrogen) atoms. The summed E-state index contributed by atoms with van der Waals surface area (Å²) in [6.07, 6.45) is 0. The van der Waals surface area contributed by atoms with Crippen LogP contribution in [0.1, 0.15) is 10.4 Å². The van der Waals surface area contributed by atoms with Crippen molar-refractivity contribution in [2.45, 2.75) is 0 Å². The van der Waals surface area contributed by atoms with E-state index in [1.165, 1.54) is 0 Å². The first-order valence-electron chi connectivity index (χ1n) is 5.28. The molecule has 0 bridgehead atoms. The van der Waals surface area contributed by atoms with Crippen LogP contribution >= 0.6 is 15.9 Å². The molecule has 0 aliphatic rings. The third-order valence-corrected chi connectivity index (χ3v) is 2.93. The molecule has 2 rings (SSSR count). The first-order valence-corrected chi connectivity index (χ1v) is 6.07. The van der Waals surface area contributed by atoms with Crippen LogP contribution in [0.5, 0.6) is 0 Å². The number of rotatable bonds is 2. The lowest BCUT2D eigenvalue weighted by molar-refractivity contribution is 0.102. The van der Waals surface area contributed by atoms with Crippen LogP contribution in [0.15, 0.2) is 46.9 Å². The van der Waals surface area contributed by atoms with Gasteiger partial charge in [-0.05, 0) is 42.5 Å². The molecule has 2 aromatic carbocycles. The molecule has 0 aromatic heterocycles. The van der Waals surface area contributed by atoms with Gasteiger partial charge in [-0.25, -0.2) is 0 Å². The normalized spacial score (nSPS) is 10.1. The Hall–Kier alpha value is -2.01. The summed E-state index contributed by atoms with van der Waals surface area (Å²) in [6.45, 7) is 0. The van der Waals surface area contributed by atoms with Crippen molar-refractivity contribution in [3.8, 4) is 0 Å². The molecule has 4 nitrogen and oxygen atoms in total. The lowest BCUT2D eigenvalue weighted by Crippen LogP contribution is -2.13. The van der Waals surface area contributed by atoms with Gasteiger partial charge in [0.2, 0.25) is 0 Å². The Morgan fingerprint density at radius 2 is 1.72 bits per heavy atom. The zero-order chi connectivity index (χ0) is 13.1. The highest BCUT2D eigenvalue weighted by atomic mass is 79.9. The summed E-state index contributed by atoms with van der Waals surface area (Å²) in [4.78, 5) is 11.9. The smallest absolute Gasteiger partial charge is 0.255 e. The van der Waals surface area contributed by atoms with E-state index in [-0.39, 0.29) is 5.91 Å². The molecule has 0 unspecified atom stereocenters. The second-order valence-corrected chi connectivity index (χ2v) is 4.72. The van der Waals surface area contributed by atoms with Gasteiger partial charge in [-0.3, -0.25) is 4.79 Å². The topological polar surface area (TPSA) is 81.1 Å². The van der Waals surface area contributed by atoms with Gasteiger partial charge in [0.15, 0.2) is 0 Å². The fourth-order valence-corrected chi connectivity index (χ4v) is 1.86. The Morgan fingerprint density at radius 1 is 1.06 bits per heavy atom. The molecule has 0 atom stereocenters. The molecule has 0 radical (unpaired) electrons. The fourth-order valence-electron chi connectivity index (χ4n) is 1.48. The molecule has 2 aromatic rings. The van der Waals surface area contributed by atoms with Crippen molar-refractivity contribution in [3.05, 3.63) is 52.5 Å². The van der Waals surface area contributed by atoms with Crippen molar-refractivity contribution >= 4 is 38.9 Å². The highest BCUT2D eigenvalue weighted by Gasteiger charge is 2.07. The molecule has 1 amide bonds. The molecule has 92 valence electrons. The summed E-state index contributed by atoms with van der Waals surface area (Å²) in [5.74, 6) is -0.218. The number of hydrogen-bond acceptors (Lipinski definition) is 3. The zero-order valence-electron chi connectivity index (χ0n) is 9.48. The second-order valence-electron chi connectivity index (χ2n) is 3.81. The van der Waals surface area contributed by atoms with E-state index >= 15 is 0 Å². The molecule has 0 saturated carbocycles. The van der Waals surface area contributed by atoms with E-state index in [2.05, 4.69) is 21.2 Å². The average Bonchev–Trinajstić information content (AvgIpc) is 2.33. The summed E-state index contributed by atoms with van der Waals surface area (Å²) in [7, 11) is 0. The Morgan fingerprint density at radius 3 is 2.33 bits per heavy atom. The predicted octanol–water partition coefficient (Wildman–Crippen LogP) is 2.87. The molecule has 5 N–H and O–H groups in total. The molecule has 0 fully saturated rings. The molecule has 0 aliphatic heterocycles. The maximum Gasteiger partial charge on any atom is 0.255 e. The van der Waals surface area contributed by atoms with E-state index in [0.717, 1.165) is 4.47 Å². The molecule has 0 aliphatic carbocycles. The van der Waals surface area contributed by atoms with Crippen LogP contribution in [0.25, 0.3) is 0 Å². The van der Waals surface area contributed by atoms with E-state index < -0.39 is 0 Å². The van der Waals surface area contributed by atoms with Crippen LogP contribution in [-0.4, -0.2) is 5.91 Å². The number of halogens is 1. The van der Waals surface area contributed by atoms with Crippen LogP contribution in [-0.2, 0) is 0 Å². The third-order valence-electron chi connectivity index (χ3n) is 2.43. The van der Waals surface area contributed by atoms with Crippen LogP contribution in [0.4, 0.5) is 17.1 Å². The molecular weight excluding hydrogens is 294 g/mol. The zero-order valence-corrected chi connectivity index (χ0v) is 11.1. The number of anilines is 3. The fraction of sp³-hybridized carbons (Fsp3) is 0. The van der Waals surface area contributed by atoms with Crippen LogP contribution < -0.4 is 16.8 Å². The number of carbonyl (C=O) groups excluding carboxylic acids is 1. The number of nitrogens with one attached hydrogen (secondary N) is 1. The summed E-state index contributed by atoms with van der Waals surface area (Å²) in [5, 5.41) is 2.75. The summed E-state index contributed by atoms with van der Waals surface area (Å²) in [5.41, 5.74) is 13.6. The molecular formula is C13H12BrN3O. The van der Waals surface area contributed by atoms with Crippen LogP contribution in [0, 0.1) is 0 Å². The molecule has 0 saturated heterocycles. The second kappa shape index (κ2) is 5.10. The summed E-state index contributed by atoms with van der Waals surface area (Å²) < 4.78 is 0.866. The minimum atomic E-state index is -0.218. The van der Waals surface area contributed by atoms with E-state index in [4.69, 9.17) is 11.5 Å². The number of carbonyl (C=O) groups is 1. The van der Waals surface area contributed by atoms with Crippen LogP contribution in [0.2, 0.25) is 0 Å². The minimum absolute atomic E-state index is 0.218. The molecule has 0 heterocycles. The quantitative estimate of drug-likeness (QED) is 0.746. The van der Waals surface area contributed by atoms with Gasteiger partial charge in [-0.1, -0.05) is 15.9 Å². The highest BCUT2D eigenvalue weighted by Crippen LogP contribution is 2.23. The number of nitrogens with two attached hydrogens (primary N) is 2. The SMILES string of the molecule is Nc1ccc(C(=O)Nc2ccc(Br)cc2N)cc1. The number of nitrogen functional groups attached to an aromatic ring is 2. The van der Waals surface area contributed by atoms with Gasteiger partial charge in [0.25, 0.3) is 5.91 Å². The lowest BCUT2D eigenvalue weighted by atomic mass is 10.2. The maximum atomic E-state index is 11.9. The van der Waals surface area contributed by atoms with Gasteiger partial charge in [0.1, 0.15) is 0 Å². The van der Waals surface area contributed by atoms with Gasteiger partial charge in [0, 0.05) is 15.7 Å². The molecule has 0 spiro atoms. The first-order chi connectivity index (χ1) is 8.56. The van der Waals surface area contributed by atoms with E-state index in [0.29, 0.717) is 22.6 Å². The van der Waals surface area contributed by atoms with Gasteiger partial charge >= 0.3 is 0 Å². The van der Waals surface area contributed by atoms with Crippen molar-refractivity contribution in [1.29, 1.82) is 0 Å². The standard InChI is InChI=1S/C13H12BrN3O/c14-9-3-6-12(11(16)7-9)17-13(18)8-1-4-10(15)5-2-8/h1-7H,15-16H2,(H,17,18). The van der Waals surface area contributed by atoms with Crippen LogP contribution in [0.3, 0.4) is 0 Å². The minimum Gasteiger partial charge on any atom is -0.399 e. The van der Waals surface area contributed by atoms with Crippen molar-refractivity contribution in [2.75, 3.05) is 16.8 Å². The van der Waals surface area contributed by atoms with Gasteiger partial charge < -0.3 is 16.8 Å². The number of benzene rings is 2. The number of hydrogen-bond donors (Lipinski definition) is 3. The third kappa shape index (κ3) is 2.81. The molecule has 5 heteroatoms. The van der Waals surface area contributed by atoms with Gasteiger partial charge in [-0.15, -0.1) is 0 Å². The first kappa shape index (κ1) is 12.4. The van der Waals surface area contributed by atoms with E-state index in [1.807, 2.05) is 6.07 Å². The Bertz CT molecular complexity index is 581. The Kier molecular flexibility index (Phi) is 3.53. The van der Waals surface area contributed by atoms with Crippen molar-refractivity contribution < 1.29 is 4.79 Å². The summed E-state index contributed by atoms with van der Waals surface area (Å²) >= 11 is 3.31. The maximum absolute atomic E-state index is 11.9. The monoisotopic (exact) mass is 305 g/mol. The Balaban J connectivity index is 2.18. The average molecular weight is 306 g/mol. The Labute approximate surface area is 113 Å². The highest BCUT2D eigenvalue weighted by molar-refractivity contribution is 9.10. The van der Waals surface area contributed by atoms with Gasteiger partial charge in [0.05, 0.1) is 11.4 Å². The predicted molar refractivity (Wildman–Crippen MR) is 77.4 cm³/mol. The largest absolute Gasteiger partial charge is 0.399 e. The summed E-state index contributed by atoms with van der Waals surface area (Å²) in [6, 6.07) is 12.0. The van der Waals surface area contributed by atoms with Crippen molar-refractivity contribution in [2.24, 2.45) is 0 Å². The van der Waals surface area contributed by atoms with Crippen molar-refractivity contribution in [3.63, 3.8) is 0 Å². The van der Waals surface area contributed by atoms with E-state index in [9.17, 15) is 4.79 Å². The number of amides is 1. The van der Waals surface area contributed by atoms with E-state index in [1.54, 1.807) is 36.4 Å².